The van der Waals surface area contributed by atoms with Gasteiger partial charge < -0.3 is 10.2 Å². The van der Waals surface area contributed by atoms with Crippen molar-refractivity contribution in [3.8, 4) is 6.07 Å². The Kier molecular flexibility index (Phi) is 6.03. The fourth-order valence-corrected chi connectivity index (χ4v) is 2.86. The summed E-state index contributed by atoms with van der Waals surface area (Å²) in [5.74, 6) is -0.108. The minimum Gasteiger partial charge on any atom is -0.353 e. The van der Waals surface area contributed by atoms with Crippen molar-refractivity contribution < 1.29 is 4.79 Å². The molecule has 1 N–H and O–H groups in total. The Morgan fingerprint density at radius 2 is 1.79 bits per heavy atom. The van der Waals surface area contributed by atoms with E-state index in [1.165, 1.54) is 0 Å². The summed E-state index contributed by atoms with van der Waals surface area (Å²) in [4.78, 5) is 19.1. The standard InChI is InChI=1S/C23H22N4O/c1-17(2)27(16-18-8-4-3-5-9-18)23(28)22-13-12-20(15-25-22)26-21-11-7-6-10-19(21)14-24/h3-13,15,17,26H,16H2,1-2H3. The molecule has 0 aliphatic rings. The average molecular weight is 370 g/mol. The molecule has 2 aromatic carbocycles. The van der Waals surface area contributed by atoms with Crippen LogP contribution in [0.15, 0.2) is 72.9 Å². The smallest absolute Gasteiger partial charge is 0.272 e. The van der Waals surface area contributed by atoms with Crippen molar-refractivity contribution in [3.63, 3.8) is 0 Å². The highest BCUT2D eigenvalue weighted by atomic mass is 16.2. The molecule has 0 aliphatic carbocycles. The van der Waals surface area contributed by atoms with E-state index in [0.717, 1.165) is 11.3 Å². The van der Waals surface area contributed by atoms with Crippen LogP contribution in [0.25, 0.3) is 0 Å². The Hall–Kier alpha value is -3.65. The van der Waals surface area contributed by atoms with Crippen LogP contribution in [0.2, 0.25) is 0 Å². The highest BCUT2D eigenvalue weighted by Crippen LogP contribution is 2.20. The summed E-state index contributed by atoms with van der Waals surface area (Å²) in [6.07, 6.45) is 1.61. The van der Waals surface area contributed by atoms with Crippen molar-refractivity contribution >= 4 is 17.3 Å². The number of para-hydroxylation sites is 1. The van der Waals surface area contributed by atoms with Gasteiger partial charge in [-0.1, -0.05) is 42.5 Å². The van der Waals surface area contributed by atoms with Crippen molar-refractivity contribution in [1.82, 2.24) is 9.88 Å². The maximum atomic E-state index is 13.0. The van der Waals surface area contributed by atoms with Crippen LogP contribution in [-0.2, 0) is 6.54 Å². The number of carbonyl (C=O) groups is 1. The Morgan fingerprint density at radius 1 is 1.07 bits per heavy atom. The number of amides is 1. The minimum absolute atomic E-state index is 0.0508. The molecule has 28 heavy (non-hydrogen) atoms. The number of rotatable bonds is 6. The quantitative estimate of drug-likeness (QED) is 0.680. The molecule has 3 aromatic rings. The highest BCUT2D eigenvalue weighted by Gasteiger charge is 2.20. The number of nitriles is 1. The summed E-state index contributed by atoms with van der Waals surface area (Å²) in [6, 6.07) is 22.9. The SMILES string of the molecule is CC(C)N(Cc1ccccc1)C(=O)c1ccc(Nc2ccccc2C#N)cn1. The predicted octanol–water partition coefficient (Wildman–Crippen LogP) is 4.75. The first-order chi connectivity index (χ1) is 13.6. The van der Waals surface area contributed by atoms with Gasteiger partial charge in [0.1, 0.15) is 11.8 Å². The molecule has 0 atom stereocenters. The van der Waals surface area contributed by atoms with Gasteiger partial charge in [-0.05, 0) is 43.7 Å². The molecule has 5 nitrogen and oxygen atoms in total. The van der Waals surface area contributed by atoms with E-state index in [1.807, 2.05) is 62.4 Å². The molecule has 0 saturated carbocycles. The summed E-state index contributed by atoms with van der Waals surface area (Å²) in [5.41, 5.74) is 3.45. The molecule has 0 bridgehead atoms. The highest BCUT2D eigenvalue weighted by molar-refractivity contribution is 5.92. The zero-order chi connectivity index (χ0) is 19.9. The fraction of sp³-hybridized carbons (Fsp3) is 0.174. The van der Waals surface area contributed by atoms with Gasteiger partial charge in [0, 0.05) is 12.6 Å². The minimum atomic E-state index is -0.108. The zero-order valence-corrected chi connectivity index (χ0v) is 16.0. The summed E-state index contributed by atoms with van der Waals surface area (Å²) in [6.45, 7) is 4.53. The second-order valence-electron chi connectivity index (χ2n) is 6.73. The lowest BCUT2D eigenvalue weighted by molar-refractivity contribution is 0.0684. The molecule has 0 aliphatic heterocycles. The van der Waals surface area contributed by atoms with Crippen molar-refractivity contribution in [1.29, 1.82) is 5.26 Å². The van der Waals surface area contributed by atoms with E-state index in [2.05, 4.69) is 16.4 Å². The first-order valence-corrected chi connectivity index (χ1v) is 9.15. The molecule has 3 rings (SSSR count). The van der Waals surface area contributed by atoms with Gasteiger partial charge >= 0.3 is 0 Å². The number of hydrogen-bond donors (Lipinski definition) is 1. The van der Waals surface area contributed by atoms with Gasteiger partial charge in [0.2, 0.25) is 0 Å². The van der Waals surface area contributed by atoms with Gasteiger partial charge in [-0.15, -0.1) is 0 Å². The van der Waals surface area contributed by atoms with Gasteiger partial charge in [-0.2, -0.15) is 5.26 Å². The Morgan fingerprint density at radius 3 is 2.43 bits per heavy atom. The van der Waals surface area contributed by atoms with Crippen LogP contribution < -0.4 is 5.32 Å². The molecule has 0 saturated heterocycles. The lowest BCUT2D eigenvalue weighted by Gasteiger charge is -2.26. The molecule has 0 spiro atoms. The maximum absolute atomic E-state index is 13.0. The lowest BCUT2D eigenvalue weighted by Crippen LogP contribution is -2.36. The van der Waals surface area contributed by atoms with Crippen molar-refractivity contribution in [2.75, 3.05) is 5.32 Å². The summed E-state index contributed by atoms with van der Waals surface area (Å²) in [7, 11) is 0. The molecular formula is C23H22N4O. The third-order valence-corrected chi connectivity index (χ3v) is 4.39. The van der Waals surface area contributed by atoms with Crippen LogP contribution >= 0.6 is 0 Å². The number of anilines is 2. The van der Waals surface area contributed by atoms with E-state index in [0.29, 0.717) is 23.5 Å². The second-order valence-corrected chi connectivity index (χ2v) is 6.73. The maximum Gasteiger partial charge on any atom is 0.272 e. The zero-order valence-electron chi connectivity index (χ0n) is 16.0. The van der Waals surface area contributed by atoms with Crippen LogP contribution in [-0.4, -0.2) is 21.8 Å². The summed E-state index contributed by atoms with van der Waals surface area (Å²) in [5, 5.41) is 12.4. The topological polar surface area (TPSA) is 69.0 Å². The molecule has 5 heteroatoms. The number of pyridine rings is 1. The van der Waals surface area contributed by atoms with Gasteiger partial charge in [-0.25, -0.2) is 4.98 Å². The van der Waals surface area contributed by atoms with Crippen LogP contribution in [0.3, 0.4) is 0 Å². The third kappa shape index (κ3) is 4.54. The van der Waals surface area contributed by atoms with Crippen molar-refractivity contribution in [3.05, 3.63) is 89.7 Å². The molecule has 0 fully saturated rings. The van der Waals surface area contributed by atoms with Gasteiger partial charge in [0.05, 0.1) is 23.1 Å². The summed E-state index contributed by atoms with van der Waals surface area (Å²) >= 11 is 0. The average Bonchev–Trinajstić information content (AvgIpc) is 2.73. The molecule has 1 heterocycles. The van der Waals surface area contributed by atoms with E-state index >= 15 is 0 Å². The Bertz CT molecular complexity index is 975. The van der Waals surface area contributed by atoms with E-state index in [1.54, 1.807) is 29.3 Å². The van der Waals surface area contributed by atoms with Gasteiger partial charge in [-0.3, -0.25) is 4.79 Å². The first-order valence-electron chi connectivity index (χ1n) is 9.15. The Balaban J connectivity index is 1.76. The number of hydrogen-bond acceptors (Lipinski definition) is 4. The van der Waals surface area contributed by atoms with Crippen LogP contribution in [0.1, 0.15) is 35.5 Å². The molecule has 0 radical (unpaired) electrons. The normalized spacial score (nSPS) is 10.4. The number of aromatic nitrogens is 1. The monoisotopic (exact) mass is 370 g/mol. The molecule has 1 amide bonds. The van der Waals surface area contributed by atoms with E-state index < -0.39 is 0 Å². The van der Waals surface area contributed by atoms with Crippen molar-refractivity contribution in [2.24, 2.45) is 0 Å². The summed E-state index contributed by atoms with van der Waals surface area (Å²) < 4.78 is 0. The van der Waals surface area contributed by atoms with E-state index in [-0.39, 0.29) is 11.9 Å². The third-order valence-electron chi connectivity index (χ3n) is 4.39. The van der Waals surface area contributed by atoms with Gasteiger partial charge in [0.15, 0.2) is 0 Å². The number of nitrogens with one attached hydrogen (secondary N) is 1. The largest absolute Gasteiger partial charge is 0.353 e. The number of carbonyl (C=O) groups excluding carboxylic acids is 1. The van der Waals surface area contributed by atoms with Crippen LogP contribution in [0.5, 0.6) is 0 Å². The lowest BCUT2D eigenvalue weighted by atomic mass is 10.1. The molecule has 140 valence electrons. The number of nitrogens with zero attached hydrogens (tertiary/aromatic N) is 3. The molecular weight excluding hydrogens is 348 g/mol. The van der Waals surface area contributed by atoms with Crippen molar-refractivity contribution in [2.45, 2.75) is 26.4 Å². The fourth-order valence-electron chi connectivity index (χ4n) is 2.86. The van der Waals surface area contributed by atoms with Crippen LogP contribution in [0, 0.1) is 11.3 Å². The molecule has 1 aromatic heterocycles. The first kappa shape index (κ1) is 19.1. The van der Waals surface area contributed by atoms with E-state index in [9.17, 15) is 10.1 Å². The second kappa shape index (κ2) is 8.83. The van der Waals surface area contributed by atoms with Crippen LogP contribution in [0.4, 0.5) is 11.4 Å². The van der Waals surface area contributed by atoms with Gasteiger partial charge in [0.25, 0.3) is 5.91 Å². The Labute approximate surface area is 165 Å². The predicted molar refractivity (Wildman–Crippen MR) is 110 cm³/mol. The van der Waals surface area contributed by atoms with E-state index in [4.69, 9.17) is 0 Å². The molecule has 0 unspecified atom stereocenters. The number of benzene rings is 2.